The summed E-state index contributed by atoms with van der Waals surface area (Å²) < 4.78 is 7.17. The molecule has 1 aromatic carbocycles. The Morgan fingerprint density at radius 2 is 1.81 bits per heavy atom. The molecule has 0 amide bonds. The normalized spacial score (nSPS) is 18.0. The number of ether oxygens (including phenoxy) is 1. The zero-order valence-electron chi connectivity index (χ0n) is 18.8. The maximum absolute atomic E-state index is 11.9. The predicted octanol–water partition coefficient (Wildman–Crippen LogP) is 4.33. The number of pyridine rings is 1. The van der Waals surface area contributed by atoms with Gasteiger partial charge in [0.1, 0.15) is 0 Å². The largest absolute Gasteiger partial charge is 0.469 e. The molecule has 3 heterocycles. The third-order valence-corrected chi connectivity index (χ3v) is 6.65. The number of hydrogen-bond donors (Lipinski definition) is 1. The van der Waals surface area contributed by atoms with Crippen LogP contribution in [-0.4, -0.2) is 39.2 Å². The van der Waals surface area contributed by atoms with Gasteiger partial charge >= 0.3 is 5.97 Å². The lowest BCUT2D eigenvalue weighted by atomic mass is 9.93. The number of esters is 1. The van der Waals surface area contributed by atoms with Crippen molar-refractivity contribution in [3.05, 3.63) is 82.9 Å². The summed E-state index contributed by atoms with van der Waals surface area (Å²) >= 11 is 5.73. The number of hydrogen-bond acceptors (Lipinski definition) is 4. The van der Waals surface area contributed by atoms with E-state index in [2.05, 4.69) is 64.8 Å². The van der Waals surface area contributed by atoms with Crippen LogP contribution in [0.25, 0.3) is 5.69 Å². The molecule has 1 N–H and O–H groups in total. The number of benzene rings is 1. The number of para-hydroxylation sites is 1. The van der Waals surface area contributed by atoms with E-state index >= 15 is 0 Å². The minimum atomic E-state index is -0.251. The fourth-order valence-electron chi connectivity index (χ4n) is 4.68. The number of nitrogens with one attached hydrogen (secondary N) is 1. The van der Waals surface area contributed by atoms with Crippen molar-refractivity contribution in [3.8, 4) is 5.69 Å². The molecule has 0 saturated carbocycles. The van der Waals surface area contributed by atoms with E-state index < -0.39 is 0 Å². The number of methoxy groups -OCH3 is 1. The Kier molecular flexibility index (Phi) is 6.28. The highest BCUT2D eigenvalue weighted by molar-refractivity contribution is 7.80. The molecule has 6 nitrogen and oxygen atoms in total. The smallest absolute Gasteiger partial charge is 0.307 e. The van der Waals surface area contributed by atoms with Gasteiger partial charge in [-0.25, -0.2) is 0 Å². The van der Waals surface area contributed by atoms with Gasteiger partial charge in [-0.1, -0.05) is 24.3 Å². The Morgan fingerprint density at radius 1 is 1.09 bits per heavy atom. The average Bonchev–Trinajstić information content (AvgIpc) is 3.25. The van der Waals surface area contributed by atoms with E-state index in [9.17, 15) is 4.79 Å². The van der Waals surface area contributed by atoms with E-state index in [-0.39, 0.29) is 24.5 Å². The molecule has 2 atom stereocenters. The molecule has 1 saturated heterocycles. The van der Waals surface area contributed by atoms with Crippen LogP contribution in [0.4, 0.5) is 0 Å². The summed E-state index contributed by atoms with van der Waals surface area (Å²) in [4.78, 5) is 18.6. The van der Waals surface area contributed by atoms with Crippen LogP contribution in [0, 0.1) is 20.8 Å². The topological polar surface area (TPSA) is 59.4 Å². The quantitative estimate of drug-likeness (QED) is 0.447. The van der Waals surface area contributed by atoms with Crippen LogP contribution >= 0.6 is 12.2 Å². The molecule has 0 spiro atoms. The number of nitrogens with zero attached hydrogens (tertiary/aromatic N) is 3. The van der Waals surface area contributed by atoms with Crippen molar-refractivity contribution in [2.24, 2.45) is 0 Å². The minimum absolute atomic E-state index is 0.0919. The van der Waals surface area contributed by atoms with Crippen LogP contribution in [0.2, 0.25) is 0 Å². The van der Waals surface area contributed by atoms with Crippen molar-refractivity contribution in [2.75, 3.05) is 13.7 Å². The standard InChI is InChI=1S/C25H28N4O2S/c1-16-17(2)29(19-10-6-5-7-11-19)18(3)22(16)24-23(20-12-8-9-14-26-20)27-25(32)28(24)15-13-21(30)31-4/h5-12,14,23-24H,13,15H2,1-4H3,(H,27,32). The molecule has 2 unspecified atom stereocenters. The first-order chi connectivity index (χ1) is 15.4. The number of rotatable bonds is 6. The molecule has 0 radical (unpaired) electrons. The second-order valence-corrected chi connectivity index (χ2v) is 8.41. The van der Waals surface area contributed by atoms with Gasteiger partial charge in [-0.2, -0.15) is 0 Å². The van der Waals surface area contributed by atoms with E-state index in [1.54, 1.807) is 6.20 Å². The van der Waals surface area contributed by atoms with Gasteiger partial charge in [0, 0.05) is 35.4 Å². The van der Waals surface area contributed by atoms with Crippen molar-refractivity contribution in [3.63, 3.8) is 0 Å². The van der Waals surface area contributed by atoms with E-state index in [0.717, 1.165) is 17.1 Å². The molecule has 1 aliphatic heterocycles. The van der Waals surface area contributed by atoms with Crippen LogP contribution in [0.5, 0.6) is 0 Å². The average molecular weight is 449 g/mol. The Balaban J connectivity index is 1.84. The third kappa shape index (κ3) is 3.88. The Morgan fingerprint density at radius 3 is 2.47 bits per heavy atom. The van der Waals surface area contributed by atoms with Crippen LogP contribution in [0.3, 0.4) is 0 Å². The van der Waals surface area contributed by atoms with Gasteiger partial charge in [-0.15, -0.1) is 0 Å². The molecule has 166 valence electrons. The van der Waals surface area contributed by atoms with Crippen LogP contribution in [-0.2, 0) is 9.53 Å². The highest BCUT2D eigenvalue weighted by atomic mass is 32.1. The number of carbonyl (C=O) groups is 1. The van der Waals surface area contributed by atoms with Crippen LogP contribution in [0.1, 0.15) is 46.7 Å². The molecule has 0 aliphatic carbocycles. The van der Waals surface area contributed by atoms with Crippen molar-refractivity contribution in [1.82, 2.24) is 19.8 Å². The summed E-state index contributed by atoms with van der Waals surface area (Å²) in [5.74, 6) is -0.251. The molecule has 0 bridgehead atoms. The minimum Gasteiger partial charge on any atom is -0.469 e. The fraction of sp³-hybridized carbons (Fsp3) is 0.320. The SMILES string of the molecule is COC(=O)CCN1C(=S)NC(c2ccccn2)C1c1c(C)c(C)n(-c2ccccc2)c1C. The lowest BCUT2D eigenvalue weighted by Crippen LogP contribution is -2.32. The van der Waals surface area contributed by atoms with Crippen molar-refractivity contribution in [1.29, 1.82) is 0 Å². The predicted molar refractivity (Wildman–Crippen MR) is 129 cm³/mol. The zero-order valence-corrected chi connectivity index (χ0v) is 19.6. The molecule has 3 aromatic rings. The van der Waals surface area contributed by atoms with Crippen molar-refractivity contribution >= 4 is 23.3 Å². The van der Waals surface area contributed by atoms with Gasteiger partial charge in [-0.3, -0.25) is 9.78 Å². The maximum atomic E-state index is 11.9. The van der Waals surface area contributed by atoms with Crippen molar-refractivity contribution < 1.29 is 9.53 Å². The second-order valence-electron chi connectivity index (χ2n) is 8.03. The summed E-state index contributed by atoms with van der Waals surface area (Å²) in [5, 5.41) is 4.09. The highest BCUT2D eigenvalue weighted by Crippen LogP contribution is 2.43. The number of aromatic nitrogens is 2. The zero-order chi connectivity index (χ0) is 22.8. The summed E-state index contributed by atoms with van der Waals surface area (Å²) in [7, 11) is 1.41. The Labute approximate surface area is 194 Å². The first-order valence-corrected chi connectivity index (χ1v) is 11.1. The summed E-state index contributed by atoms with van der Waals surface area (Å²) in [5.41, 5.74) is 6.82. The van der Waals surface area contributed by atoms with Gasteiger partial charge in [0.15, 0.2) is 5.11 Å². The first kappa shape index (κ1) is 22.0. The molecule has 1 aliphatic rings. The van der Waals surface area contributed by atoms with Gasteiger partial charge < -0.3 is 19.5 Å². The second kappa shape index (κ2) is 9.12. The molecular weight excluding hydrogens is 420 g/mol. The third-order valence-electron chi connectivity index (χ3n) is 6.30. The highest BCUT2D eigenvalue weighted by Gasteiger charge is 2.42. The van der Waals surface area contributed by atoms with Crippen LogP contribution < -0.4 is 5.32 Å². The van der Waals surface area contributed by atoms with Gasteiger partial charge in [0.2, 0.25) is 0 Å². The number of carbonyl (C=O) groups excluding carboxylic acids is 1. The maximum Gasteiger partial charge on any atom is 0.307 e. The van der Waals surface area contributed by atoms with Crippen molar-refractivity contribution in [2.45, 2.75) is 39.3 Å². The summed E-state index contributed by atoms with van der Waals surface area (Å²) in [6.07, 6.45) is 2.06. The summed E-state index contributed by atoms with van der Waals surface area (Å²) in [6.45, 7) is 6.93. The molecule has 4 rings (SSSR count). The lowest BCUT2D eigenvalue weighted by Gasteiger charge is -2.28. The molecule has 32 heavy (non-hydrogen) atoms. The molecular formula is C25H28N4O2S. The van der Waals surface area contributed by atoms with E-state index in [4.69, 9.17) is 17.0 Å². The monoisotopic (exact) mass is 448 g/mol. The first-order valence-electron chi connectivity index (χ1n) is 10.7. The van der Waals surface area contributed by atoms with E-state index in [1.165, 1.54) is 23.9 Å². The fourth-order valence-corrected chi connectivity index (χ4v) is 5.01. The summed E-state index contributed by atoms with van der Waals surface area (Å²) in [6, 6.07) is 16.1. The Bertz CT molecular complexity index is 1130. The lowest BCUT2D eigenvalue weighted by molar-refractivity contribution is -0.140. The van der Waals surface area contributed by atoms with E-state index in [0.29, 0.717) is 11.7 Å². The van der Waals surface area contributed by atoms with Crippen LogP contribution in [0.15, 0.2) is 54.7 Å². The van der Waals surface area contributed by atoms with E-state index in [1.807, 2.05) is 24.3 Å². The molecule has 7 heteroatoms. The number of thiocarbonyl (C=S) groups is 1. The van der Waals surface area contributed by atoms with Gasteiger partial charge in [-0.05, 0) is 62.8 Å². The molecule has 2 aromatic heterocycles. The van der Waals surface area contributed by atoms with Gasteiger partial charge in [0.05, 0.1) is 31.3 Å². The molecule has 1 fully saturated rings. The van der Waals surface area contributed by atoms with Gasteiger partial charge in [0.25, 0.3) is 0 Å². The Hall–Kier alpha value is -3.19.